The number of aromatic nitrogens is 1. The molecule has 1 aliphatic heterocycles. The Morgan fingerprint density at radius 1 is 1.15 bits per heavy atom. The molecular weight excluding hydrogens is 390 g/mol. The van der Waals surface area contributed by atoms with E-state index < -0.39 is 10.0 Å². The van der Waals surface area contributed by atoms with Gasteiger partial charge < -0.3 is 14.3 Å². The summed E-state index contributed by atoms with van der Waals surface area (Å²) in [6.07, 6.45) is 1.97. The minimum absolute atomic E-state index is 0.149. The van der Waals surface area contributed by atoms with E-state index in [2.05, 4.69) is 4.98 Å². The van der Waals surface area contributed by atoms with Crippen LogP contribution in [0, 0.1) is 0 Å². The third-order valence-electron chi connectivity index (χ3n) is 4.50. The average Bonchev–Trinajstić information content (AvgIpc) is 3.22. The van der Waals surface area contributed by atoms with Gasteiger partial charge in [-0.3, -0.25) is 9.59 Å². The first-order chi connectivity index (χ1) is 12.9. The van der Waals surface area contributed by atoms with Crippen molar-refractivity contribution in [1.82, 2.24) is 14.2 Å². The Balaban J connectivity index is 1.55. The highest BCUT2D eigenvalue weighted by atomic mass is 32.2. The summed E-state index contributed by atoms with van der Waals surface area (Å²) >= 11 is 0.979. The van der Waals surface area contributed by atoms with Crippen molar-refractivity contribution in [1.29, 1.82) is 0 Å². The molecule has 0 unspecified atom stereocenters. The Hall–Kier alpha value is -2.43. The predicted molar refractivity (Wildman–Crippen MR) is 100 cm³/mol. The maximum absolute atomic E-state index is 13.0. The van der Waals surface area contributed by atoms with Gasteiger partial charge in [-0.1, -0.05) is 11.3 Å². The van der Waals surface area contributed by atoms with Crippen molar-refractivity contribution in [2.45, 2.75) is 11.3 Å². The molecule has 1 N–H and O–H groups in total. The molecule has 0 saturated carbocycles. The number of H-pyrrole nitrogens is 1. The lowest BCUT2D eigenvalue weighted by atomic mass is 10.3. The lowest BCUT2D eigenvalue weighted by Gasteiger charge is -2.21. The van der Waals surface area contributed by atoms with Crippen LogP contribution in [-0.4, -0.2) is 54.7 Å². The number of rotatable bonds is 3. The number of nitrogens with one attached hydrogen (secondary N) is 1. The monoisotopic (exact) mass is 407 g/mol. The van der Waals surface area contributed by atoms with Gasteiger partial charge in [0.2, 0.25) is 10.0 Å². The van der Waals surface area contributed by atoms with E-state index in [4.69, 9.17) is 4.42 Å². The van der Waals surface area contributed by atoms with Gasteiger partial charge in [-0.05, 0) is 36.8 Å². The summed E-state index contributed by atoms with van der Waals surface area (Å²) in [5.41, 5.74) is 0.620. The fraction of sp³-hybridized carbons (Fsp3) is 0.294. The minimum Gasteiger partial charge on any atom is -0.459 e. The lowest BCUT2D eigenvalue weighted by molar-refractivity contribution is 0.0732. The molecule has 1 fully saturated rings. The number of furan rings is 1. The normalized spacial score (nSPS) is 16.5. The Labute approximate surface area is 159 Å². The summed E-state index contributed by atoms with van der Waals surface area (Å²) in [6, 6.07) is 7.86. The van der Waals surface area contributed by atoms with Crippen LogP contribution in [0.2, 0.25) is 0 Å². The van der Waals surface area contributed by atoms with Crippen molar-refractivity contribution in [2.75, 3.05) is 26.2 Å². The minimum atomic E-state index is -3.71. The maximum atomic E-state index is 13.0. The summed E-state index contributed by atoms with van der Waals surface area (Å²) in [6.45, 7) is 1.28. The third kappa shape index (κ3) is 3.43. The standard InChI is InChI=1S/C17H17N3O5S2/c21-16(14-3-1-10-25-14)19-6-2-7-20(9-8-19)27(23,24)12-4-5-13-15(11-12)26-17(22)18-13/h1,3-5,10-11H,2,6-9H2,(H,18,22). The summed E-state index contributed by atoms with van der Waals surface area (Å²) in [4.78, 5) is 28.1. The van der Waals surface area contributed by atoms with E-state index in [9.17, 15) is 18.0 Å². The van der Waals surface area contributed by atoms with Gasteiger partial charge in [0.15, 0.2) is 5.76 Å². The van der Waals surface area contributed by atoms with Gasteiger partial charge in [0.05, 0.1) is 21.4 Å². The number of thiazole rings is 1. The van der Waals surface area contributed by atoms with E-state index >= 15 is 0 Å². The molecule has 3 heterocycles. The first kappa shape index (κ1) is 18.0. The highest BCUT2D eigenvalue weighted by Crippen LogP contribution is 2.23. The molecule has 10 heteroatoms. The number of benzene rings is 1. The number of amides is 1. The molecule has 1 aliphatic rings. The first-order valence-electron chi connectivity index (χ1n) is 8.41. The maximum Gasteiger partial charge on any atom is 0.305 e. The highest BCUT2D eigenvalue weighted by Gasteiger charge is 2.29. The second kappa shape index (κ2) is 6.95. The van der Waals surface area contributed by atoms with Gasteiger partial charge in [0.25, 0.3) is 5.91 Å². The zero-order chi connectivity index (χ0) is 19.0. The molecule has 27 heavy (non-hydrogen) atoms. The van der Waals surface area contributed by atoms with Crippen molar-refractivity contribution in [3.8, 4) is 0 Å². The molecule has 0 atom stereocenters. The zero-order valence-corrected chi connectivity index (χ0v) is 15.9. The highest BCUT2D eigenvalue weighted by molar-refractivity contribution is 7.89. The Bertz CT molecular complexity index is 1130. The SMILES string of the molecule is O=C(c1ccco1)N1CCCN(S(=O)(=O)c2ccc3[nH]c(=O)sc3c2)CC1. The number of nitrogens with zero attached hydrogens (tertiary/aromatic N) is 2. The van der Waals surface area contributed by atoms with Crippen molar-refractivity contribution in [3.05, 3.63) is 52.0 Å². The lowest BCUT2D eigenvalue weighted by Crippen LogP contribution is -2.37. The van der Waals surface area contributed by atoms with Crippen LogP contribution in [0.1, 0.15) is 17.0 Å². The zero-order valence-electron chi connectivity index (χ0n) is 14.3. The number of hydrogen-bond donors (Lipinski definition) is 1. The second-order valence-corrected chi connectivity index (χ2v) is 9.15. The molecule has 1 saturated heterocycles. The van der Waals surface area contributed by atoms with Crippen molar-refractivity contribution >= 4 is 37.5 Å². The number of fused-ring (bicyclic) bond motifs is 1. The average molecular weight is 407 g/mol. The van der Waals surface area contributed by atoms with Gasteiger partial charge in [-0.2, -0.15) is 4.31 Å². The van der Waals surface area contributed by atoms with Crippen LogP contribution in [0.4, 0.5) is 0 Å². The molecule has 0 radical (unpaired) electrons. The summed E-state index contributed by atoms with van der Waals surface area (Å²) in [5, 5.41) is 0. The van der Waals surface area contributed by atoms with Gasteiger partial charge in [-0.25, -0.2) is 8.42 Å². The molecule has 1 amide bonds. The summed E-state index contributed by atoms with van der Waals surface area (Å²) in [7, 11) is -3.71. The van der Waals surface area contributed by atoms with Crippen molar-refractivity contribution in [3.63, 3.8) is 0 Å². The Kier molecular flexibility index (Phi) is 4.62. The third-order valence-corrected chi connectivity index (χ3v) is 7.24. The number of carbonyl (C=O) groups is 1. The van der Waals surface area contributed by atoms with Crippen LogP contribution < -0.4 is 4.87 Å². The van der Waals surface area contributed by atoms with E-state index in [1.54, 1.807) is 23.1 Å². The second-order valence-electron chi connectivity index (χ2n) is 6.20. The number of hydrogen-bond acceptors (Lipinski definition) is 6. The molecule has 2 aromatic heterocycles. The summed E-state index contributed by atoms with van der Waals surface area (Å²) < 4.78 is 33.2. The van der Waals surface area contributed by atoms with Gasteiger partial charge in [0.1, 0.15) is 0 Å². The topological polar surface area (TPSA) is 104 Å². The van der Waals surface area contributed by atoms with Crippen LogP contribution in [0.25, 0.3) is 10.2 Å². The van der Waals surface area contributed by atoms with E-state index in [0.29, 0.717) is 36.3 Å². The summed E-state index contributed by atoms with van der Waals surface area (Å²) in [5.74, 6) is 0.0110. The predicted octanol–water partition coefficient (Wildman–Crippen LogP) is 1.72. The smallest absolute Gasteiger partial charge is 0.305 e. The van der Waals surface area contributed by atoms with Crippen LogP contribution in [0.3, 0.4) is 0 Å². The molecule has 0 aliphatic carbocycles. The van der Waals surface area contributed by atoms with E-state index in [-0.39, 0.29) is 28.0 Å². The molecule has 0 bridgehead atoms. The first-order valence-corrected chi connectivity index (χ1v) is 10.7. The van der Waals surface area contributed by atoms with E-state index in [0.717, 1.165) is 11.3 Å². The van der Waals surface area contributed by atoms with Crippen LogP contribution in [0.5, 0.6) is 0 Å². The van der Waals surface area contributed by atoms with Crippen molar-refractivity contribution in [2.24, 2.45) is 0 Å². The Morgan fingerprint density at radius 2 is 2.00 bits per heavy atom. The Morgan fingerprint density at radius 3 is 2.78 bits per heavy atom. The van der Waals surface area contributed by atoms with Gasteiger partial charge in [0, 0.05) is 26.2 Å². The number of carbonyl (C=O) groups excluding carboxylic acids is 1. The van der Waals surface area contributed by atoms with Gasteiger partial charge >= 0.3 is 4.87 Å². The fourth-order valence-electron chi connectivity index (χ4n) is 3.13. The van der Waals surface area contributed by atoms with Crippen LogP contribution in [-0.2, 0) is 10.0 Å². The molecule has 1 aromatic carbocycles. The molecule has 0 spiro atoms. The number of aromatic amines is 1. The van der Waals surface area contributed by atoms with Crippen LogP contribution >= 0.6 is 11.3 Å². The molecule has 4 rings (SSSR count). The van der Waals surface area contributed by atoms with E-state index in [1.807, 2.05) is 0 Å². The van der Waals surface area contributed by atoms with Crippen LogP contribution in [0.15, 0.2) is 50.7 Å². The molecular formula is C17H17N3O5S2. The molecule has 3 aromatic rings. The fourth-order valence-corrected chi connectivity index (χ4v) is 5.48. The number of sulfonamides is 1. The van der Waals surface area contributed by atoms with E-state index in [1.165, 1.54) is 22.7 Å². The quantitative estimate of drug-likeness (QED) is 0.712. The largest absolute Gasteiger partial charge is 0.459 e. The van der Waals surface area contributed by atoms with Crippen molar-refractivity contribution < 1.29 is 17.6 Å². The molecule has 142 valence electrons. The van der Waals surface area contributed by atoms with Gasteiger partial charge in [-0.15, -0.1) is 0 Å². The molecule has 8 nitrogen and oxygen atoms in total.